The van der Waals surface area contributed by atoms with E-state index < -0.39 is 0 Å². The summed E-state index contributed by atoms with van der Waals surface area (Å²) in [5.41, 5.74) is 3.09. The predicted molar refractivity (Wildman–Crippen MR) is 71.4 cm³/mol. The fraction of sp³-hybridized carbons (Fsp3) is 0.182. The van der Waals surface area contributed by atoms with Gasteiger partial charge in [0.1, 0.15) is 0 Å². The SMILES string of the molecule is CNc1cc(C)nc2c(Br)cc(Br)cc12. The maximum atomic E-state index is 4.52. The molecule has 0 fully saturated rings. The molecule has 0 unspecified atom stereocenters. The predicted octanol–water partition coefficient (Wildman–Crippen LogP) is 4.11. The molecule has 0 spiro atoms. The van der Waals surface area contributed by atoms with Crippen LogP contribution in [-0.2, 0) is 0 Å². The van der Waals surface area contributed by atoms with Crippen LogP contribution in [0.2, 0.25) is 0 Å². The van der Waals surface area contributed by atoms with Gasteiger partial charge in [-0.25, -0.2) is 0 Å². The first-order chi connectivity index (χ1) is 7.11. The first-order valence-corrected chi connectivity index (χ1v) is 6.14. The number of nitrogens with one attached hydrogen (secondary N) is 1. The minimum Gasteiger partial charge on any atom is -0.388 e. The first-order valence-electron chi connectivity index (χ1n) is 4.56. The van der Waals surface area contributed by atoms with Gasteiger partial charge in [0.2, 0.25) is 0 Å². The molecule has 0 atom stereocenters. The van der Waals surface area contributed by atoms with E-state index in [-0.39, 0.29) is 0 Å². The van der Waals surface area contributed by atoms with E-state index in [4.69, 9.17) is 0 Å². The molecule has 0 aliphatic rings. The lowest BCUT2D eigenvalue weighted by Gasteiger charge is -2.09. The zero-order valence-corrected chi connectivity index (χ0v) is 11.6. The topological polar surface area (TPSA) is 24.9 Å². The van der Waals surface area contributed by atoms with Crippen LogP contribution in [0.1, 0.15) is 5.69 Å². The quantitative estimate of drug-likeness (QED) is 0.851. The van der Waals surface area contributed by atoms with Crippen LogP contribution in [0.3, 0.4) is 0 Å². The average Bonchev–Trinajstić information content (AvgIpc) is 2.18. The number of aromatic nitrogens is 1. The van der Waals surface area contributed by atoms with Gasteiger partial charge >= 0.3 is 0 Å². The molecule has 2 nitrogen and oxygen atoms in total. The van der Waals surface area contributed by atoms with Crippen molar-refractivity contribution < 1.29 is 0 Å². The minimum absolute atomic E-state index is 0.988. The number of benzene rings is 1. The number of anilines is 1. The number of hydrogen-bond acceptors (Lipinski definition) is 2. The smallest absolute Gasteiger partial charge is 0.0868 e. The second-order valence-electron chi connectivity index (χ2n) is 3.34. The highest BCUT2D eigenvalue weighted by atomic mass is 79.9. The third-order valence-electron chi connectivity index (χ3n) is 2.23. The van der Waals surface area contributed by atoms with E-state index in [0.29, 0.717) is 0 Å². The molecular weight excluding hydrogens is 320 g/mol. The molecule has 0 saturated heterocycles. The first kappa shape index (κ1) is 10.9. The van der Waals surface area contributed by atoms with Gasteiger partial charge in [-0.15, -0.1) is 0 Å². The standard InChI is InChI=1S/C11H10Br2N2/c1-6-3-10(14-2)8-4-7(12)5-9(13)11(8)15-6/h3-5H,1-2H3,(H,14,15). The maximum absolute atomic E-state index is 4.52. The molecule has 2 aromatic rings. The van der Waals surface area contributed by atoms with E-state index in [0.717, 1.165) is 31.2 Å². The summed E-state index contributed by atoms with van der Waals surface area (Å²) in [6.07, 6.45) is 0. The van der Waals surface area contributed by atoms with Gasteiger partial charge in [0, 0.05) is 32.8 Å². The Labute approximate surface area is 105 Å². The lowest BCUT2D eigenvalue weighted by molar-refractivity contribution is 1.25. The second-order valence-corrected chi connectivity index (χ2v) is 5.11. The van der Waals surface area contributed by atoms with Crippen LogP contribution in [0.4, 0.5) is 5.69 Å². The van der Waals surface area contributed by atoms with Crippen LogP contribution in [-0.4, -0.2) is 12.0 Å². The highest BCUT2D eigenvalue weighted by Crippen LogP contribution is 2.31. The Morgan fingerprint density at radius 1 is 1.20 bits per heavy atom. The minimum atomic E-state index is 0.988. The van der Waals surface area contributed by atoms with E-state index >= 15 is 0 Å². The molecule has 1 N–H and O–H groups in total. The van der Waals surface area contributed by atoms with Crippen molar-refractivity contribution >= 4 is 48.5 Å². The number of aryl methyl sites for hydroxylation is 1. The summed E-state index contributed by atoms with van der Waals surface area (Å²) in [7, 11) is 1.92. The van der Waals surface area contributed by atoms with Crippen LogP contribution in [0.25, 0.3) is 10.9 Å². The zero-order valence-electron chi connectivity index (χ0n) is 8.44. The van der Waals surface area contributed by atoms with Crippen molar-refractivity contribution in [3.05, 3.63) is 32.8 Å². The lowest BCUT2D eigenvalue weighted by Crippen LogP contribution is -1.94. The molecular formula is C11H10Br2N2. The third kappa shape index (κ3) is 2.01. The number of nitrogens with zero attached hydrogens (tertiary/aromatic N) is 1. The number of rotatable bonds is 1. The summed E-state index contributed by atoms with van der Waals surface area (Å²) in [6, 6.07) is 6.12. The van der Waals surface area contributed by atoms with Gasteiger partial charge in [0.05, 0.1) is 5.52 Å². The molecule has 1 aromatic heterocycles. The Balaban J connectivity index is 2.89. The molecule has 0 aliphatic heterocycles. The normalized spacial score (nSPS) is 10.7. The lowest BCUT2D eigenvalue weighted by atomic mass is 10.1. The summed E-state index contributed by atoms with van der Waals surface area (Å²) < 4.78 is 2.05. The van der Waals surface area contributed by atoms with Crippen molar-refractivity contribution in [3.63, 3.8) is 0 Å². The molecule has 0 saturated carbocycles. The molecule has 1 heterocycles. The highest BCUT2D eigenvalue weighted by Gasteiger charge is 2.07. The summed E-state index contributed by atoms with van der Waals surface area (Å²) in [4.78, 5) is 4.52. The molecule has 4 heteroatoms. The van der Waals surface area contributed by atoms with Crippen molar-refractivity contribution in [1.82, 2.24) is 4.98 Å². The van der Waals surface area contributed by atoms with E-state index in [2.05, 4.69) is 48.2 Å². The molecule has 15 heavy (non-hydrogen) atoms. The van der Waals surface area contributed by atoms with Gasteiger partial charge < -0.3 is 5.32 Å². The Kier molecular flexibility index (Phi) is 2.98. The van der Waals surface area contributed by atoms with Crippen LogP contribution in [0.5, 0.6) is 0 Å². The van der Waals surface area contributed by atoms with Gasteiger partial charge in [-0.2, -0.15) is 0 Å². The number of halogens is 2. The molecule has 0 aliphatic carbocycles. The number of hydrogen-bond donors (Lipinski definition) is 1. The van der Waals surface area contributed by atoms with Crippen molar-refractivity contribution in [1.29, 1.82) is 0 Å². The second kappa shape index (κ2) is 4.10. The molecule has 1 aromatic carbocycles. The van der Waals surface area contributed by atoms with Gasteiger partial charge in [-0.1, -0.05) is 15.9 Å². The maximum Gasteiger partial charge on any atom is 0.0868 e. The van der Waals surface area contributed by atoms with Crippen molar-refractivity contribution in [2.24, 2.45) is 0 Å². The van der Waals surface area contributed by atoms with Gasteiger partial charge in [0.25, 0.3) is 0 Å². The monoisotopic (exact) mass is 328 g/mol. The van der Waals surface area contributed by atoms with Crippen LogP contribution >= 0.6 is 31.9 Å². The molecule has 2 rings (SSSR count). The van der Waals surface area contributed by atoms with Gasteiger partial charge in [0.15, 0.2) is 0 Å². The van der Waals surface area contributed by atoms with E-state index in [1.807, 2.05) is 26.1 Å². The van der Waals surface area contributed by atoms with Crippen molar-refractivity contribution in [2.45, 2.75) is 6.92 Å². The summed E-state index contributed by atoms with van der Waals surface area (Å²) in [5.74, 6) is 0. The Bertz CT molecular complexity index is 523. The summed E-state index contributed by atoms with van der Waals surface area (Å²) in [5, 5.41) is 4.30. The van der Waals surface area contributed by atoms with Crippen LogP contribution in [0, 0.1) is 6.92 Å². The Morgan fingerprint density at radius 2 is 1.93 bits per heavy atom. The molecule has 78 valence electrons. The van der Waals surface area contributed by atoms with Gasteiger partial charge in [-0.3, -0.25) is 4.98 Å². The average molecular weight is 330 g/mol. The van der Waals surface area contributed by atoms with Crippen LogP contribution in [0.15, 0.2) is 27.1 Å². The third-order valence-corrected chi connectivity index (χ3v) is 3.29. The highest BCUT2D eigenvalue weighted by molar-refractivity contribution is 9.11. The Hall–Kier alpha value is -0.610. The summed E-state index contributed by atoms with van der Waals surface area (Å²) >= 11 is 7.00. The van der Waals surface area contributed by atoms with Crippen molar-refractivity contribution in [2.75, 3.05) is 12.4 Å². The summed E-state index contributed by atoms with van der Waals surface area (Å²) in [6.45, 7) is 1.99. The molecule has 0 bridgehead atoms. The molecule has 0 radical (unpaired) electrons. The van der Waals surface area contributed by atoms with E-state index in [1.165, 1.54) is 0 Å². The zero-order chi connectivity index (χ0) is 11.0. The Morgan fingerprint density at radius 3 is 2.60 bits per heavy atom. The van der Waals surface area contributed by atoms with Crippen LogP contribution < -0.4 is 5.32 Å². The number of fused-ring (bicyclic) bond motifs is 1. The van der Waals surface area contributed by atoms with E-state index in [1.54, 1.807) is 0 Å². The fourth-order valence-electron chi connectivity index (χ4n) is 1.59. The molecule has 0 amide bonds. The number of pyridine rings is 1. The largest absolute Gasteiger partial charge is 0.388 e. The van der Waals surface area contributed by atoms with E-state index in [9.17, 15) is 0 Å². The van der Waals surface area contributed by atoms with Gasteiger partial charge in [-0.05, 0) is 41.1 Å². The fourth-order valence-corrected chi connectivity index (χ4v) is 2.90. The van der Waals surface area contributed by atoms with Crippen molar-refractivity contribution in [3.8, 4) is 0 Å².